The van der Waals surface area contributed by atoms with Gasteiger partial charge in [0.2, 0.25) is 0 Å². The normalized spacial score (nSPS) is 21.7. The smallest absolute Gasteiger partial charge is 0.0570 e. The van der Waals surface area contributed by atoms with E-state index in [-0.39, 0.29) is 6.17 Å². The van der Waals surface area contributed by atoms with E-state index in [0.717, 1.165) is 13.0 Å². The second-order valence-electron chi connectivity index (χ2n) is 3.89. The van der Waals surface area contributed by atoms with Crippen LogP contribution < -0.4 is 11.1 Å². The Hall–Kier alpha value is -0.120. The van der Waals surface area contributed by atoms with Gasteiger partial charge in [-0.05, 0) is 19.3 Å². The third kappa shape index (κ3) is 4.60. The quantitative estimate of drug-likeness (QED) is 0.635. The average molecular weight is 186 g/mol. The molecule has 1 aliphatic rings. The lowest BCUT2D eigenvalue weighted by Crippen LogP contribution is -2.45. The Labute approximate surface area is 81.0 Å². The van der Waals surface area contributed by atoms with Crippen LogP contribution in [0.25, 0.3) is 0 Å². The molecular formula is C10H22N2O. The van der Waals surface area contributed by atoms with Crippen LogP contribution in [0.2, 0.25) is 0 Å². The molecule has 1 atom stereocenters. The van der Waals surface area contributed by atoms with E-state index < -0.39 is 0 Å². The molecule has 3 nitrogen and oxygen atoms in total. The Bertz CT molecular complexity index is 124. The Morgan fingerprint density at radius 1 is 1.38 bits per heavy atom. The number of hydrogen-bond donors (Lipinski definition) is 2. The molecule has 1 rings (SSSR count). The average Bonchev–Trinajstić information content (AvgIpc) is 2.16. The van der Waals surface area contributed by atoms with E-state index in [0.29, 0.717) is 6.04 Å². The van der Waals surface area contributed by atoms with Crippen molar-refractivity contribution >= 4 is 0 Å². The van der Waals surface area contributed by atoms with Gasteiger partial charge in [-0.25, -0.2) is 0 Å². The second-order valence-corrected chi connectivity index (χ2v) is 3.89. The fourth-order valence-electron chi connectivity index (χ4n) is 1.90. The summed E-state index contributed by atoms with van der Waals surface area (Å²) in [6, 6.07) is 0.653. The standard InChI is InChI=1S/C10H22N2O/c1-13-8-7-10(11)12-9-5-3-2-4-6-9/h9-10,12H,2-8,11H2,1H3. The number of hydrogen-bond acceptors (Lipinski definition) is 3. The van der Waals surface area contributed by atoms with E-state index in [1.54, 1.807) is 7.11 Å². The third-order valence-electron chi connectivity index (χ3n) is 2.69. The summed E-state index contributed by atoms with van der Waals surface area (Å²) < 4.78 is 4.98. The number of rotatable bonds is 5. The Kier molecular flexibility index (Phi) is 5.35. The number of ether oxygens (including phenoxy) is 1. The topological polar surface area (TPSA) is 47.3 Å². The van der Waals surface area contributed by atoms with Gasteiger partial charge in [0.25, 0.3) is 0 Å². The minimum atomic E-state index is 0.114. The highest BCUT2D eigenvalue weighted by Gasteiger charge is 2.14. The molecule has 0 radical (unpaired) electrons. The Morgan fingerprint density at radius 3 is 2.69 bits per heavy atom. The van der Waals surface area contributed by atoms with Gasteiger partial charge in [-0.3, -0.25) is 5.32 Å². The van der Waals surface area contributed by atoms with Crippen LogP contribution in [-0.2, 0) is 4.74 Å². The first-order chi connectivity index (χ1) is 6.33. The van der Waals surface area contributed by atoms with Crippen LogP contribution >= 0.6 is 0 Å². The molecule has 0 aliphatic heterocycles. The van der Waals surface area contributed by atoms with Crippen molar-refractivity contribution in [3.8, 4) is 0 Å². The maximum atomic E-state index is 5.90. The predicted molar refractivity (Wildman–Crippen MR) is 54.5 cm³/mol. The van der Waals surface area contributed by atoms with Crippen LogP contribution in [0.15, 0.2) is 0 Å². The van der Waals surface area contributed by atoms with Crippen molar-refractivity contribution < 1.29 is 4.74 Å². The summed E-state index contributed by atoms with van der Waals surface area (Å²) in [6.45, 7) is 0.751. The monoisotopic (exact) mass is 186 g/mol. The predicted octanol–water partition coefficient (Wildman–Crippen LogP) is 1.23. The molecule has 0 saturated heterocycles. The van der Waals surface area contributed by atoms with Crippen LogP contribution in [0.5, 0.6) is 0 Å². The van der Waals surface area contributed by atoms with E-state index in [1.807, 2.05) is 0 Å². The zero-order valence-electron chi connectivity index (χ0n) is 8.59. The van der Waals surface area contributed by atoms with Gasteiger partial charge in [0.05, 0.1) is 6.17 Å². The van der Waals surface area contributed by atoms with E-state index >= 15 is 0 Å². The molecule has 0 aromatic carbocycles. The first kappa shape index (κ1) is 11.0. The van der Waals surface area contributed by atoms with Gasteiger partial charge in [-0.15, -0.1) is 0 Å². The molecule has 1 fully saturated rings. The highest BCUT2D eigenvalue weighted by molar-refractivity contribution is 4.74. The van der Waals surface area contributed by atoms with Gasteiger partial charge in [0, 0.05) is 19.8 Å². The molecule has 0 heterocycles. The van der Waals surface area contributed by atoms with E-state index in [4.69, 9.17) is 10.5 Å². The molecule has 0 aromatic rings. The molecule has 1 aliphatic carbocycles. The van der Waals surface area contributed by atoms with Gasteiger partial charge in [-0.1, -0.05) is 19.3 Å². The van der Waals surface area contributed by atoms with Gasteiger partial charge >= 0.3 is 0 Å². The fraction of sp³-hybridized carbons (Fsp3) is 1.00. The van der Waals surface area contributed by atoms with Crippen LogP contribution in [0.1, 0.15) is 38.5 Å². The molecule has 1 saturated carbocycles. The van der Waals surface area contributed by atoms with Crippen molar-refractivity contribution in [2.45, 2.75) is 50.7 Å². The zero-order chi connectivity index (χ0) is 9.52. The van der Waals surface area contributed by atoms with Gasteiger partial charge in [0.15, 0.2) is 0 Å². The molecule has 13 heavy (non-hydrogen) atoms. The minimum absolute atomic E-state index is 0.114. The molecule has 0 bridgehead atoms. The summed E-state index contributed by atoms with van der Waals surface area (Å²) in [6.07, 6.45) is 7.71. The summed E-state index contributed by atoms with van der Waals surface area (Å²) in [4.78, 5) is 0. The maximum Gasteiger partial charge on any atom is 0.0570 e. The largest absolute Gasteiger partial charge is 0.385 e. The van der Waals surface area contributed by atoms with Crippen molar-refractivity contribution in [2.75, 3.05) is 13.7 Å². The Balaban J connectivity index is 2.07. The first-order valence-electron chi connectivity index (χ1n) is 5.33. The van der Waals surface area contributed by atoms with E-state index in [2.05, 4.69) is 5.32 Å². The van der Waals surface area contributed by atoms with Crippen molar-refractivity contribution in [2.24, 2.45) is 5.73 Å². The SMILES string of the molecule is COCCC(N)NC1CCCCC1. The third-order valence-corrected chi connectivity index (χ3v) is 2.69. The van der Waals surface area contributed by atoms with Gasteiger partial charge in [0.1, 0.15) is 0 Å². The van der Waals surface area contributed by atoms with E-state index in [9.17, 15) is 0 Å². The minimum Gasteiger partial charge on any atom is -0.385 e. The van der Waals surface area contributed by atoms with Crippen molar-refractivity contribution in [1.29, 1.82) is 0 Å². The van der Waals surface area contributed by atoms with Crippen LogP contribution in [0.3, 0.4) is 0 Å². The first-order valence-corrected chi connectivity index (χ1v) is 5.33. The lowest BCUT2D eigenvalue weighted by molar-refractivity contribution is 0.178. The van der Waals surface area contributed by atoms with E-state index in [1.165, 1.54) is 32.1 Å². The second kappa shape index (κ2) is 6.35. The van der Waals surface area contributed by atoms with Crippen LogP contribution in [0, 0.1) is 0 Å². The molecule has 0 spiro atoms. The molecule has 0 aromatic heterocycles. The highest BCUT2D eigenvalue weighted by atomic mass is 16.5. The summed E-state index contributed by atoms with van der Waals surface area (Å²) in [5.74, 6) is 0. The van der Waals surface area contributed by atoms with Crippen LogP contribution in [0.4, 0.5) is 0 Å². The summed E-state index contributed by atoms with van der Waals surface area (Å²) in [7, 11) is 1.72. The Morgan fingerprint density at radius 2 is 2.08 bits per heavy atom. The highest BCUT2D eigenvalue weighted by Crippen LogP contribution is 2.17. The number of nitrogens with one attached hydrogen (secondary N) is 1. The maximum absolute atomic E-state index is 5.90. The van der Waals surface area contributed by atoms with Crippen molar-refractivity contribution in [1.82, 2.24) is 5.32 Å². The number of methoxy groups -OCH3 is 1. The molecule has 3 N–H and O–H groups in total. The van der Waals surface area contributed by atoms with Gasteiger partial charge in [-0.2, -0.15) is 0 Å². The molecule has 3 heteroatoms. The summed E-state index contributed by atoms with van der Waals surface area (Å²) in [5.41, 5.74) is 5.90. The van der Waals surface area contributed by atoms with Gasteiger partial charge < -0.3 is 10.5 Å². The fourth-order valence-corrected chi connectivity index (χ4v) is 1.90. The lowest BCUT2D eigenvalue weighted by Gasteiger charge is -2.26. The number of nitrogens with two attached hydrogens (primary N) is 1. The summed E-state index contributed by atoms with van der Waals surface area (Å²) >= 11 is 0. The zero-order valence-corrected chi connectivity index (χ0v) is 8.59. The molecule has 78 valence electrons. The molecule has 0 amide bonds. The molecular weight excluding hydrogens is 164 g/mol. The van der Waals surface area contributed by atoms with Crippen molar-refractivity contribution in [3.63, 3.8) is 0 Å². The lowest BCUT2D eigenvalue weighted by atomic mass is 9.95. The van der Waals surface area contributed by atoms with Crippen LogP contribution in [-0.4, -0.2) is 25.9 Å². The molecule has 1 unspecified atom stereocenters. The summed E-state index contributed by atoms with van der Waals surface area (Å²) in [5, 5.41) is 3.45. The van der Waals surface area contributed by atoms with Crippen molar-refractivity contribution in [3.05, 3.63) is 0 Å².